The summed E-state index contributed by atoms with van der Waals surface area (Å²) in [7, 11) is 1.61. The number of nitrogens with one attached hydrogen (secondary N) is 1. The Kier molecular flexibility index (Phi) is 5.89. The van der Waals surface area contributed by atoms with Gasteiger partial charge in [-0.15, -0.1) is 0 Å². The van der Waals surface area contributed by atoms with Gasteiger partial charge in [-0.05, 0) is 55.0 Å². The summed E-state index contributed by atoms with van der Waals surface area (Å²) in [5.74, 6) is -0.310. The quantitative estimate of drug-likeness (QED) is 0.660. The maximum absolute atomic E-state index is 13.6. The lowest BCUT2D eigenvalue weighted by Crippen LogP contribution is -2.43. The van der Waals surface area contributed by atoms with Crippen molar-refractivity contribution in [2.24, 2.45) is 5.92 Å². The number of likely N-dealkylation sites (tertiary alicyclic amines) is 1. The van der Waals surface area contributed by atoms with Crippen LogP contribution in [0.1, 0.15) is 28.8 Å². The smallest absolute Gasteiger partial charge is 0.254 e. The van der Waals surface area contributed by atoms with Crippen molar-refractivity contribution >= 4 is 28.3 Å². The summed E-state index contributed by atoms with van der Waals surface area (Å²) in [6.45, 7) is 2.75. The second-order valence-corrected chi connectivity index (χ2v) is 7.90. The van der Waals surface area contributed by atoms with E-state index in [0.717, 1.165) is 22.8 Å². The number of fused-ring (bicyclic) bond motifs is 1. The third kappa shape index (κ3) is 4.24. The molecule has 5 nitrogen and oxygen atoms in total. The standard InChI is InChI=1S/C25H25FN2O3/c1-16-9-10-18(26)14-22(16)27-24(29)17-6-5-13-28(15-17)25(30)21-11-12-23(31-2)20-8-4-3-7-19(20)21/h3-4,7-12,14,17H,5-6,13,15H2,1-2H3,(H,27,29)/t17-/m0/s1. The van der Waals surface area contributed by atoms with E-state index in [9.17, 15) is 14.0 Å². The fourth-order valence-corrected chi connectivity index (χ4v) is 4.15. The number of amides is 2. The molecule has 0 unspecified atom stereocenters. The van der Waals surface area contributed by atoms with Crippen LogP contribution in [-0.4, -0.2) is 36.9 Å². The molecule has 1 aliphatic rings. The summed E-state index contributed by atoms with van der Waals surface area (Å²) in [5, 5.41) is 4.54. The molecular weight excluding hydrogens is 395 g/mol. The van der Waals surface area contributed by atoms with Crippen molar-refractivity contribution in [3.05, 3.63) is 71.5 Å². The first-order chi connectivity index (χ1) is 15.0. The second kappa shape index (κ2) is 8.76. The first kappa shape index (κ1) is 20.8. The predicted octanol–water partition coefficient (Wildman–Crippen LogP) is 4.79. The van der Waals surface area contributed by atoms with Crippen LogP contribution < -0.4 is 10.1 Å². The molecule has 160 valence electrons. The zero-order valence-electron chi connectivity index (χ0n) is 17.7. The van der Waals surface area contributed by atoms with Crippen molar-refractivity contribution in [2.75, 3.05) is 25.5 Å². The van der Waals surface area contributed by atoms with Crippen molar-refractivity contribution in [1.82, 2.24) is 4.90 Å². The van der Waals surface area contributed by atoms with Crippen LogP contribution in [0.4, 0.5) is 10.1 Å². The Labute approximate surface area is 180 Å². The molecule has 0 aromatic heterocycles. The van der Waals surface area contributed by atoms with E-state index < -0.39 is 5.82 Å². The van der Waals surface area contributed by atoms with E-state index in [0.29, 0.717) is 36.5 Å². The van der Waals surface area contributed by atoms with Crippen molar-refractivity contribution in [3.63, 3.8) is 0 Å². The zero-order chi connectivity index (χ0) is 22.0. The van der Waals surface area contributed by atoms with E-state index in [1.807, 2.05) is 31.2 Å². The van der Waals surface area contributed by atoms with Gasteiger partial charge in [-0.25, -0.2) is 4.39 Å². The number of ether oxygens (including phenoxy) is 1. The molecule has 0 saturated carbocycles. The molecule has 0 spiro atoms. The Hall–Kier alpha value is -3.41. The SMILES string of the molecule is COc1ccc(C(=O)N2CCC[C@H](C(=O)Nc3cc(F)ccc3C)C2)c2ccccc12. The zero-order valence-corrected chi connectivity index (χ0v) is 17.7. The van der Waals surface area contributed by atoms with Crippen LogP contribution in [-0.2, 0) is 4.79 Å². The molecule has 1 atom stereocenters. The second-order valence-electron chi connectivity index (χ2n) is 7.90. The van der Waals surface area contributed by atoms with E-state index >= 15 is 0 Å². The topological polar surface area (TPSA) is 58.6 Å². The van der Waals surface area contributed by atoms with Crippen LogP contribution in [0.2, 0.25) is 0 Å². The average molecular weight is 420 g/mol. The largest absolute Gasteiger partial charge is 0.496 e. The highest BCUT2D eigenvalue weighted by molar-refractivity contribution is 6.08. The molecule has 0 radical (unpaired) electrons. The minimum atomic E-state index is -0.396. The van der Waals surface area contributed by atoms with Crippen molar-refractivity contribution in [1.29, 1.82) is 0 Å². The number of methoxy groups -OCH3 is 1. The molecule has 0 bridgehead atoms. The molecule has 1 heterocycles. The lowest BCUT2D eigenvalue weighted by atomic mass is 9.95. The lowest BCUT2D eigenvalue weighted by Gasteiger charge is -2.32. The number of anilines is 1. The first-order valence-corrected chi connectivity index (χ1v) is 10.4. The molecule has 6 heteroatoms. The molecule has 1 aliphatic heterocycles. The van der Waals surface area contributed by atoms with Gasteiger partial charge in [0.1, 0.15) is 11.6 Å². The number of piperidine rings is 1. The van der Waals surface area contributed by atoms with Gasteiger partial charge < -0.3 is 15.0 Å². The van der Waals surface area contributed by atoms with Gasteiger partial charge in [0.2, 0.25) is 5.91 Å². The number of aryl methyl sites for hydroxylation is 1. The van der Waals surface area contributed by atoms with E-state index in [1.54, 1.807) is 30.2 Å². The Morgan fingerprint density at radius 1 is 1.10 bits per heavy atom. The molecule has 1 saturated heterocycles. The van der Waals surface area contributed by atoms with Gasteiger partial charge >= 0.3 is 0 Å². The number of nitrogens with zero attached hydrogens (tertiary/aromatic N) is 1. The van der Waals surface area contributed by atoms with E-state index in [2.05, 4.69) is 5.32 Å². The number of hydrogen-bond acceptors (Lipinski definition) is 3. The van der Waals surface area contributed by atoms with E-state index in [-0.39, 0.29) is 17.7 Å². The maximum atomic E-state index is 13.6. The van der Waals surface area contributed by atoms with Crippen LogP contribution in [0, 0.1) is 18.7 Å². The summed E-state index contributed by atoms with van der Waals surface area (Å²) in [6, 6.07) is 15.6. The third-order valence-corrected chi connectivity index (χ3v) is 5.87. The fourth-order valence-electron chi connectivity index (χ4n) is 4.15. The Morgan fingerprint density at radius 2 is 1.87 bits per heavy atom. The van der Waals surface area contributed by atoms with Crippen LogP contribution in [0.25, 0.3) is 10.8 Å². The summed E-state index contributed by atoms with van der Waals surface area (Å²) in [5.41, 5.74) is 1.86. The van der Waals surface area contributed by atoms with Gasteiger partial charge in [-0.1, -0.05) is 30.3 Å². The highest BCUT2D eigenvalue weighted by Gasteiger charge is 2.30. The number of benzene rings is 3. The Bertz CT molecular complexity index is 1140. The molecule has 0 aliphatic carbocycles. The van der Waals surface area contributed by atoms with Gasteiger partial charge in [0.15, 0.2) is 0 Å². The van der Waals surface area contributed by atoms with E-state index in [1.165, 1.54) is 12.1 Å². The molecule has 31 heavy (non-hydrogen) atoms. The van der Waals surface area contributed by atoms with Gasteiger partial charge in [0, 0.05) is 29.7 Å². The van der Waals surface area contributed by atoms with E-state index in [4.69, 9.17) is 4.74 Å². The number of hydrogen-bond donors (Lipinski definition) is 1. The van der Waals surface area contributed by atoms with Gasteiger partial charge in [-0.2, -0.15) is 0 Å². The predicted molar refractivity (Wildman–Crippen MR) is 119 cm³/mol. The molecule has 1 N–H and O–H groups in total. The third-order valence-electron chi connectivity index (χ3n) is 5.87. The maximum Gasteiger partial charge on any atom is 0.254 e. The highest BCUT2D eigenvalue weighted by Crippen LogP contribution is 2.30. The molecule has 2 amide bonds. The highest BCUT2D eigenvalue weighted by atomic mass is 19.1. The van der Waals surface area contributed by atoms with Crippen LogP contribution in [0.3, 0.4) is 0 Å². The Balaban J connectivity index is 1.54. The average Bonchev–Trinajstić information content (AvgIpc) is 2.80. The number of rotatable bonds is 4. The van der Waals surface area contributed by atoms with Gasteiger partial charge in [-0.3, -0.25) is 9.59 Å². The molecular formula is C25H25FN2O3. The molecule has 4 rings (SSSR count). The number of halogens is 1. The summed E-state index contributed by atoms with van der Waals surface area (Å²) in [6.07, 6.45) is 1.42. The number of carbonyl (C=O) groups is 2. The van der Waals surface area contributed by atoms with Crippen LogP contribution in [0.15, 0.2) is 54.6 Å². The minimum absolute atomic E-state index is 0.0988. The normalized spacial score (nSPS) is 16.2. The number of carbonyl (C=O) groups excluding carboxylic acids is 2. The van der Waals surface area contributed by atoms with Gasteiger partial charge in [0.25, 0.3) is 5.91 Å². The summed E-state index contributed by atoms with van der Waals surface area (Å²) in [4.78, 5) is 27.9. The molecule has 3 aromatic rings. The van der Waals surface area contributed by atoms with Gasteiger partial charge in [0.05, 0.1) is 13.0 Å². The summed E-state index contributed by atoms with van der Waals surface area (Å²) < 4.78 is 19.0. The molecule has 1 fully saturated rings. The monoisotopic (exact) mass is 420 g/mol. The lowest BCUT2D eigenvalue weighted by molar-refractivity contribution is -0.121. The van der Waals surface area contributed by atoms with Crippen molar-refractivity contribution in [3.8, 4) is 5.75 Å². The first-order valence-electron chi connectivity index (χ1n) is 10.4. The molecule has 3 aromatic carbocycles. The van der Waals surface area contributed by atoms with Crippen molar-refractivity contribution in [2.45, 2.75) is 19.8 Å². The minimum Gasteiger partial charge on any atom is -0.496 e. The van der Waals surface area contributed by atoms with Crippen LogP contribution >= 0.6 is 0 Å². The Morgan fingerprint density at radius 3 is 2.65 bits per heavy atom. The fraction of sp³-hybridized carbons (Fsp3) is 0.280. The van der Waals surface area contributed by atoms with Crippen LogP contribution in [0.5, 0.6) is 5.75 Å². The summed E-state index contributed by atoms with van der Waals surface area (Å²) >= 11 is 0. The van der Waals surface area contributed by atoms with Crippen molar-refractivity contribution < 1.29 is 18.7 Å².